The molecule has 3 N–H and O–H groups in total. The molecule has 2 aromatic rings. The third kappa shape index (κ3) is 3.74. The first-order chi connectivity index (χ1) is 13.5. The van der Waals surface area contributed by atoms with E-state index in [1.54, 1.807) is 4.90 Å². The Labute approximate surface area is 161 Å². The Morgan fingerprint density at radius 2 is 1.93 bits per heavy atom. The number of nitrogens with zero attached hydrogens (tertiary/aromatic N) is 3. The van der Waals surface area contributed by atoms with Crippen LogP contribution in [0.4, 0.5) is 0 Å². The van der Waals surface area contributed by atoms with Crippen molar-refractivity contribution in [1.82, 2.24) is 20.0 Å². The van der Waals surface area contributed by atoms with Crippen molar-refractivity contribution in [3.8, 4) is 0 Å². The van der Waals surface area contributed by atoms with E-state index in [0.717, 1.165) is 17.8 Å². The van der Waals surface area contributed by atoms with Gasteiger partial charge in [0.1, 0.15) is 0 Å². The second-order valence-electron chi connectivity index (χ2n) is 6.85. The van der Waals surface area contributed by atoms with Crippen molar-refractivity contribution in [2.75, 3.05) is 13.6 Å². The quantitative estimate of drug-likeness (QED) is 0.650. The molecule has 1 unspecified atom stereocenters. The number of aromatic nitrogens is 2. The highest BCUT2D eigenvalue weighted by Gasteiger charge is 2.34. The highest BCUT2D eigenvalue weighted by Crippen LogP contribution is 2.26. The van der Waals surface area contributed by atoms with Gasteiger partial charge in [0, 0.05) is 18.7 Å². The van der Waals surface area contributed by atoms with Gasteiger partial charge in [-0.15, -0.1) is 0 Å². The van der Waals surface area contributed by atoms with Gasteiger partial charge in [-0.3, -0.25) is 19.6 Å². The lowest BCUT2D eigenvalue weighted by molar-refractivity contribution is -0.138. The molecule has 1 aromatic heterocycles. The topological polar surface area (TPSA) is 127 Å². The van der Waals surface area contributed by atoms with Gasteiger partial charge in [-0.1, -0.05) is 24.3 Å². The molecule has 0 bridgehead atoms. The second kappa shape index (κ2) is 8.22. The molecule has 2 aliphatic heterocycles. The number of carbonyl (C=O) groups is 3. The molecule has 0 fully saturated rings. The minimum atomic E-state index is -1.03. The second-order valence-corrected chi connectivity index (χ2v) is 6.85. The smallest absolute Gasteiger partial charge is 0.356 e. The van der Waals surface area contributed by atoms with E-state index in [2.05, 4.69) is 27.2 Å². The molecule has 1 aromatic carbocycles. The first-order valence-corrected chi connectivity index (χ1v) is 8.89. The maximum absolute atomic E-state index is 13.1. The van der Waals surface area contributed by atoms with E-state index in [9.17, 15) is 9.59 Å². The van der Waals surface area contributed by atoms with Crippen LogP contribution in [0.2, 0.25) is 0 Å². The van der Waals surface area contributed by atoms with Gasteiger partial charge >= 0.3 is 5.97 Å². The van der Waals surface area contributed by atoms with E-state index in [-0.39, 0.29) is 24.1 Å². The molecule has 0 radical (unpaired) electrons. The fourth-order valence-electron chi connectivity index (χ4n) is 3.82. The molecule has 0 saturated carbocycles. The molecule has 28 heavy (non-hydrogen) atoms. The van der Waals surface area contributed by atoms with Crippen LogP contribution in [-0.4, -0.2) is 68.2 Å². The van der Waals surface area contributed by atoms with Crippen LogP contribution in [0.5, 0.6) is 0 Å². The van der Waals surface area contributed by atoms with Crippen molar-refractivity contribution in [2.24, 2.45) is 0 Å². The number of nitrogens with one attached hydrogen (secondary N) is 1. The fraction of sp³-hybridized carbons (Fsp3) is 0.368. The van der Waals surface area contributed by atoms with Gasteiger partial charge in [-0.2, -0.15) is 5.10 Å². The Bertz CT molecular complexity index is 894. The molecular weight excluding hydrogens is 364 g/mol. The number of likely N-dealkylation sites (N-methyl/N-ethyl adjacent to an activating group) is 1. The molecular formula is C19H22N4O5. The van der Waals surface area contributed by atoms with Crippen molar-refractivity contribution in [3.05, 3.63) is 52.3 Å². The molecule has 1 atom stereocenters. The highest BCUT2D eigenvalue weighted by molar-refractivity contribution is 5.88. The van der Waals surface area contributed by atoms with Crippen LogP contribution >= 0.6 is 0 Å². The number of benzene rings is 1. The Kier molecular flexibility index (Phi) is 5.74. The van der Waals surface area contributed by atoms with Gasteiger partial charge in [0.05, 0.1) is 18.3 Å². The molecule has 0 aliphatic carbocycles. The first kappa shape index (κ1) is 19.6. The predicted octanol–water partition coefficient (Wildman–Crippen LogP) is 0.750. The molecule has 0 saturated heterocycles. The minimum Gasteiger partial charge on any atom is -0.483 e. The third-order valence-corrected chi connectivity index (χ3v) is 5.22. The molecule has 2 aliphatic rings. The summed E-state index contributed by atoms with van der Waals surface area (Å²) >= 11 is 0. The summed E-state index contributed by atoms with van der Waals surface area (Å²) in [7, 11) is 1.98. The minimum absolute atomic E-state index is 0.0748. The lowest BCUT2D eigenvalue weighted by Crippen LogP contribution is -2.51. The van der Waals surface area contributed by atoms with E-state index in [1.165, 1.54) is 11.1 Å². The van der Waals surface area contributed by atoms with E-state index in [1.807, 2.05) is 19.2 Å². The van der Waals surface area contributed by atoms with Gasteiger partial charge in [-0.05, 0) is 31.0 Å². The van der Waals surface area contributed by atoms with Crippen LogP contribution < -0.4 is 0 Å². The molecule has 3 heterocycles. The lowest BCUT2D eigenvalue weighted by Gasteiger charge is -2.37. The monoisotopic (exact) mass is 386 g/mol. The summed E-state index contributed by atoms with van der Waals surface area (Å²) in [5, 5.41) is 22.7. The molecule has 4 rings (SSSR count). The number of carboxylic acid groups (broad SMARTS) is 2. The van der Waals surface area contributed by atoms with Crippen LogP contribution in [0.25, 0.3) is 0 Å². The third-order valence-electron chi connectivity index (χ3n) is 5.22. The average molecular weight is 386 g/mol. The Morgan fingerprint density at radius 1 is 1.25 bits per heavy atom. The fourth-order valence-corrected chi connectivity index (χ4v) is 3.82. The first-order valence-electron chi connectivity index (χ1n) is 8.89. The van der Waals surface area contributed by atoms with E-state index >= 15 is 0 Å². The maximum atomic E-state index is 13.1. The standard InChI is InChI=1S/C18H20N4O3.CH2O2/c1-21-9-12-5-3-2-4-11(12)8-15(21)17(23)22-7-6-13-14(10-22)19-20-16(13)18(24)25;2-1-3/h2-5,15H,6-10H2,1H3,(H,19,20)(H,24,25);1H,(H,2,3). The van der Waals surface area contributed by atoms with Crippen LogP contribution in [0.15, 0.2) is 24.3 Å². The summed E-state index contributed by atoms with van der Waals surface area (Å²) in [6.45, 7) is 1.43. The summed E-state index contributed by atoms with van der Waals surface area (Å²) in [6.07, 6.45) is 1.23. The van der Waals surface area contributed by atoms with Gasteiger partial charge in [-0.25, -0.2) is 4.79 Å². The zero-order chi connectivity index (χ0) is 20.3. The zero-order valence-electron chi connectivity index (χ0n) is 15.5. The summed E-state index contributed by atoms with van der Waals surface area (Å²) < 4.78 is 0. The number of hydrogen-bond donors (Lipinski definition) is 3. The van der Waals surface area contributed by atoms with Crippen LogP contribution in [0, 0.1) is 0 Å². The van der Waals surface area contributed by atoms with E-state index < -0.39 is 5.97 Å². The number of aromatic amines is 1. The van der Waals surface area contributed by atoms with Crippen molar-refractivity contribution in [1.29, 1.82) is 0 Å². The van der Waals surface area contributed by atoms with Crippen molar-refractivity contribution in [3.63, 3.8) is 0 Å². The largest absolute Gasteiger partial charge is 0.483 e. The van der Waals surface area contributed by atoms with Crippen LogP contribution in [0.1, 0.15) is 32.9 Å². The van der Waals surface area contributed by atoms with Crippen LogP contribution in [0.3, 0.4) is 0 Å². The van der Waals surface area contributed by atoms with E-state index in [0.29, 0.717) is 25.9 Å². The van der Waals surface area contributed by atoms with Crippen molar-refractivity contribution >= 4 is 18.3 Å². The Hall–Kier alpha value is -3.20. The normalized spacial score (nSPS) is 18.3. The van der Waals surface area contributed by atoms with Crippen LogP contribution in [-0.2, 0) is 35.5 Å². The molecule has 0 spiro atoms. The number of amides is 1. The number of carbonyl (C=O) groups excluding carboxylic acids is 1. The zero-order valence-corrected chi connectivity index (χ0v) is 15.5. The number of hydrogen-bond acceptors (Lipinski definition) is 5. The summed E-state index contributed by atoms with van der Waals surface area (Å²) in [5.74, 6) is -0.935. The summed E-state index contributed by atoms with van der Waals surface area (Å²) in [4.78, 5) is 36.5. The number of carboxylic acids is 1. The summed E-state index contributed by atoms with van der Waals surface area (Å²) in [5.41, 5.74) is 4.03. The van der Waals surface area contributed by atoms with Gasteiger partial charge in [0.25, 0.3) is 6.47 Å². The highest BCUT2D eigenvalue weighted by atomic mass is 16.4. The molecule has 1 amide bonds. The average Bonchev–Trinajstić information content (AvgIpc) is 3.11. The predicted molar refractivity (Wildman–Crippen MR) is 98.8 cm³/mol. The van der Waals surface area contributed by atoms with Gasteiger partial charge in [0.2, 0.25) is 5.91 Å². The molecule has 9 nitrogen and oxygen atoms in total. The van der Waals surface area contributed by atoms with Gasteiger partial charge < -0.3 is 15.1 Å². The SMILES string of the molecule is CN1Cc2ccccc2CC1C(=O)N1CCc2c(C(=O)O)n[nH]c2C1.O=CO. The van der Waals surface area contributed by atoms with Crippen molar-refractivity contribution in [2.45, 2.75) is 32.0 Å². The summed E-state index contributed by atoms with van der Waals surface area (Å²) in [6, 6.07) is 8.05. The van der Waals surface area contributed by atoms with Gasteiger partial charge in [0.15, 0.2) is 5.69 Å². The Balaban J connectivity index is 0.000000706. The number of aromatic carboxylic acids is 1. The van der Waals surface area contributed by atoms with E-state index in [4.69, 9.17) is 15.0 Å². The Morgan fingerprint density at radius 3 is 2.61 bits per heavy atom. The maximum Gasteiger partial charge on any atom is 0.356 e. The molecule has 148 valence electrons. The number of rotatable bonds is 2. The number of fused-ring (bicyclic) bond motifs is 2. The number of H-pyrrole nitrogens is 1. The lowest BCUT2D eigenvalue weighted by atomic mass is 9.93. The molecule has 9 heteroatoms. The van der Waals surface area contributed by atoms with Crippen molar-refractivity contribution < 1.29 is 24.6 Å².